The van der Waals surface area contributed by atoms with Crippen LogP contribution in [0, 0.1) is 17.2 Å². The second-order valence-electron chi connectivity index (χ2n) is 4.54. The van der Waals surface area contributed by atoms with Gasteiger partial charge in [0.2, 0.25) is 5.91 Å². The highest BCUT2D eigenvalue weighted by atomic mass is 16.2. The van der Waals surface area contributed by atoms with Gasteiger partial charge in [-0.2, -0.15) is 5.26 Å². The summed E-state index contributed by atoms with van der Waals surface area (Å²) in [6.45, 7) is 8.54. The molecule has 2 N–H and O–H groups in total. The van der Waals surface area contributed by atoms with Crippen molar-refractivity contribution in [2.45, 2.75) is 46.1 Å². The highest BCUT2D eigenvalue weighted by Gasteiger charge is 2.31. The van der Waals surface area contributed by atoms with E-state index < -0.39 is 5.54 Å². The van der Waals surface area contributed by atoms with Crippen LogP contribution in [0.1, 0.15) is 40.5 Å². The molecule has 92 valence electrons. The van der Waals surface area contributed by atoms with Gasteiger partial charge in [-0.15, -0.1) is 0 Å². The first kappa shape index (κ1) is 14.9. The average Bonchev–Trinajstić information content (AvgIpc) is 2.24. The van der Waals surface area contributed by atoms with Crippen molar-refractivity contribution in [1.82, 2.24) is 4.90 Å². The molecule has 0 bridgehead atoms. The maximum atomic E-state index is 12.1. The lowest BCUT2D eigenvalue weighted by molar-refractivity contribution is -0.136. The molecule has 2 unspecified atom stereocenters. The summed E-state index contributed by atoms with van der Waals surface area (Å²) >= 11 is 0. The molecule has 0 aliphatic carbocycles. The molecule has 0 aromatic carbocycles. The topological polar surface area (TPSA) is 70.1 Å². The van der Waals surface area contributed by atoms with E-state index in [9.17, 15) is 4.79 Å². The smallest absolute Gasteiger partial charge is 0.242 e. The lowest BCUT2D eigenvalue weighted by atomic mass is 9.95. The number of likely N-dealkylation sites (N-methyl/N-ethyl adjacent to an activating group) is 1. The first-order chi connectivity index (χ1) is 7.38. The minimum Gasteiger partial charge on any atom is -0.340 e. The summed E-state index contributed by atoms with van der Waals surface area (Å²) in [6, 6.07) is 2.13. The molecule has 0 spiro atoms. The van der Waals surface area contributed by atoms with E-state index in [-0.39, 0.29) is 11.8 Å². The van der Waals surface area contributed by atoms with Gasteiger partial charge in [-0.3, -0.25) is 4.79 Å². The van der Waals surface area contributed by atoms with Crippen molar-refractivity contribution in [2.24, 2.45) is 11.7 Å². The second kappa shape index (κ2) is 6.49. The molecule has 0 aliphatic heterocycles. The van der Waals surface area contributed by atoms with Crippen LogP contribution < -0.4 is 5.73 Å². The van der Waals surface area contributed by atoms with E-state index in [2.05, 4.69) is 6.07 Å². The SMILES string of the molecule is CCCC(C)(N)C(=O)N(CC)CC(C)C#N. The Morgan fingerprint density at radius 3 is 2.50 bits per heavy atom. The fraction of sp³-hybridized carbons (Fsp3) is 0.833. The number of hydrogen-bond donors (Lipinski definition) is 1. The average molecular weight is 225 g/mol. The molecule has 0 aromatic rings. The molecule has 4 heteroatoms. The Morgan fingerprint density at radius 1 is 1.56 bits per heavy atom. The van der Waals surface area contributed by atoms with E-state index in [0.717, 1.165) is 6.42 Å². The summed E-state index contributed by atoms with van der Waals surface area (Å²) in [5.41, 5.74) is 5.18. The number of nitriles is 1. The van der Waals surface area contributed by atoms with Gasteiger partial charge in [-0.05, 0) is 27.2 Å². The molecule has 0 fully saturated rings. The van der Waals surface area contributed by atoms with Gasteiger partial charge in [0.05, 0.1) is 17.5 Å². The van der Waals surface area contributed by atoms with Crippen molar-refractivity contribution >= 4 is 5.91 Å². The van der Waals surface area contributed by atoms with E-state index in [1.165, 1.54) is 0 Å². The summed E-state index contributed by atoms with van der Waals surface area (Å²) in [6.07, 6.45) is 1.55. The maximum Gasteiger partial charge on any atom is 0.242 e. The Labute approximate surface area is 98.4 Å². The van der Waals surface area contributed by atoms with Crippen LogP contribution in [-0.2, 0) is 4.79 Å². The number of carbonyl (C=O) groups is 1. The van der Waals surface area contributed by atoms with Crippen LogP contribution >= 0.6 is 0 Å². The van der Waals surface area contributed by atoms with Gasteiger partial charge in [-0.1, -0.05) is 13.3 Å². The number of carbonyl (C=O) groups excluding carboxylic acids is 1. The molecular weight excluding hydrogens is 202 g/mol. The highest BCUT2D eigenvalue weighted by Crippen LogP contribution is 2.13. The summed E-state index contributed by atoms with van der Waals surface area (Å²) in [7, 11) is 0. The third-order valence-corrected chi connectivity index (χ3v) is 2.64. The normalized spacial score (nSPS) is 16.0. The fourth-order valence-corrected chi connectivity index (χ4v) is 1.71. The predicted octanol–water partition coefficient (Wildman–Crippen LogP) is 1.51. The zero-order valence-corrected chi connectivity index (χ0v) is 10.8. The third-order valence-electron chi connectivity index (χ3n) is 2.64. The molecular formula is C12H23N3O. The molecule has 0 saturated heterocycles. The van der Waals surface area contributed by atoms with E-state index in [1.807, 2.05) is 20.8 Å². The number of hydrogen-bond acceptors (Lipinski definition) is 3. The van der Waals surface area contributed by atoms with Gasteiger partial charge < -0.3 is 10.6 Å². The largest absolute Gasteiger partial charge is 0.340 e. The maximum absolute atomic E-state index is 12.1. The van der Waals surface area contributed by atoms with Crippen molar-refractivity contribution in [1.29, 1.82) is 5.26 Å². The fourth-order valence-electron chi connectivity index (χ4n) is 1.71. The minimum absolute atomic E-state index is 0.0565. The summed E-state index contributed by atoms with van der Waals surface area (Å²) in [5.74, 6) is -0.208. The standard InChI is InChI=1S/C12H23N3O/c1-5-7-12(4,14)11(16)15(6-2)9-10(3)8-13/h10H,5-7,9,14H2,1-4H3. The third kappa shape index (κ3) is 4.19. The molecule has 0 rings (SSSR count). The first-order valence-corrected chi connectivity index (χ1v) is 5.86. The van der Waals surface area contributed by atoms with Gasteiger partial charge in [0.25, 0.3) is 0 Å². The number of nitrogens with two attached hydrogens (primary N) is 1. The van der Waals surface area contributed by atoms with Gasteiger partial charge >= 0.3 is 0 Å². The molecule has 16 heavy (non-hydrogen) atoms. The second-order valence-corrected chi connectivity index (χ2v) is 4.54. The monoisotopic (exact) mass is 225 g/mol. The van der Waals surface area contributed by atoms with Crippen molar-refractivity contribution in [3.05, 3.63) is 0 Å². The van der Waals surface area contributed by atoms with E-state index >= 15 is 0 Å². The van der Waals surface area contributed by atoms with Gasteiger partial charge in [0.1, 0.15) is 0 Å². The summed E-state index contributed by atoms with van der Waals surface area (Å²) < 4.78 is 0. The van der Waals surface area contributed by atoms with Crippen LogP contribution in [0.5, 0.6) is 0 Å². The van der Waals surface area contributed by atoms with E-state index in [1.54, 1.807) is 11.8 Å². The van der Waals surface area contributed by atoms with Crippen molar-refractivity contribution in [3.63, 3.8) is 0 Å². The van der Waals surface area contributed by atoms with Crippen LogP contribution in [0.2, 0.25) is 0 Å². The Kier molecular flexibility index (Phi) is 6.05. The minimum atomic E-state index is -0.806. The summed E-state index contributed by atoms with van der Waals surface area (Å²) in [5, 5.41) is 8.75. The van der Waals surface area contributed by atoms with Crippen LogP contribution in [0.15, 0.2) is 0 Å². The molecule has 0 aliphatic rings. The molecule has 0 heterocycles. The Balaban J connectivity index is 4.59. The number of rotatable bonds is 6. The Morgan fingerprint density at radius 2 is 2.12 bits per heavy atom. The van der Waals surface area contributed by atoms with Crippen molar-refractivity contribution in [2.75, 3.05) is 13.1 Å². The van der Waals surface area contributed by atoms with E-state index in [4.69, 9.17) is 11.0 Å². The van der Waals surface area contributed by atoms with Gasteiger partial charge in [0.15, 0.2) is 0 Å². The van der Waals surface area contributed by atoms with Crippen molar-refractivity contribution in [3.8, 4) is 6.07 Å². The van der Waals surface area contributed by atoms with Crippen LogP contribution in [0.25, 0.3) is 0 Å². The molecule has 0 radical (unpaired) electrons. The quantitative estimate of drug-likeness (QED) is 0.745. The van der Waals surface area contributed by atoms with Crippen LogP contribution in [0.3, 0.4) is 0 Å². The van der Waals surface area contributed by atoms with Crippen LogP contribution in [-0.4, -0.2) is 29.4 Å². The van der Waals surface area contributed by atoms with Gasteiger partial charge in [0, 0.05) is 13.1 Å². The first-order valence-electron chi connectivity index (χ1n) is 5.86. The highest BCUT2D eigenvalue weighted by molar-refractivity contribution is 5.85. The lowest BCUT2D eigenvalue weighted by Crippen LogP contribution is -2.53. The zero-order valence-electron chi connectivity index (χ0n) is 10.8. The molecule has 2 atom stereocenters. The Hall–Kier alpha value is -1.08. The Bertz CT molecular complexity index is 268. The number of nitrogens with zero attached hydrogens (tertiary/aromatic N) is 2. The van der Waals surface area contributed by atoms with Crippen molar-refractivity contribution < 1.29 is 4.79 Å². The zero-order chi connectivity index (χ0) is 12.8. The number of amides is 1. The molecule has 1 amide bonds. The van der Waals surface area contributed by atoms with Crippen LogP contribution in [0.4, 0.5) is 0 Å². The molecule has 4 nitrogen and oxygen atoms in total. The van der Waals surface area contributed by atoms with Gasteiger partial charge in [-0.25, -0.2) is 0 Å². The molecule has 0 aromatic heterocycles. The lowest BCUT2D eigenvalue weighted by Gasteiger charge is -2.31. The predicted molar refractivity (Wildman–Crippen MR) is 64.5 cm³/mol. The molecule has 0 saturated carbocycles. The summed E-state index contributed by atoms with van der Waals surface area (Å²) in [4.78, 5) is 13.8. The van der Waals surface area contributed by atoms with E-state index in [0.29, 0.717) is 19.5 Å².